The van der Waals surface area contributed by atoms with Gasteiger partial charge in [-0.25, -0.2) is 8.42 Å². The summed E-state index contributed by atoms with van der Waals surface area (Å²) in [6.45, 7) is 2.71. The minimum Gasteiger partial charge on any atom is -0.378 e. The van der Waals surface area contributed by atoms with Crippen LogP contribution in [0.4, 0.5) is 5.69 Å². The van der Waals surface area contributed by atoms with E-state index in [1.54, 1.807) is 12.1 Å². The van der Waals surface area contributed by atoms with Crippen LogP contribution in [0.15, 0.2) is 53.4 Å². The third kappa shape index (κ3) is 5.23. The molecule has 6 nitrogen and oxygen atoms in total. The molecule has 1 fully saturated rings. The lowest BCUT2D eigenvalue weighted by Crippen LogP contribution is -2.37. The summed E-state index contributed by atoms with van der Waals surface area (Å²) >= 11 is 0. The van der Waals surface area contributed by atoms with E-state index in [0.29, 0.717) is 18.7 Å². The monoisotopic (exact) mass is 416 g/mol. The molecule has 156 valence electrons. The standard InChI is InChI=1S/C22H28N2O4S/c1-17(25)19-8-12-22(13-9-19)29(26,27)24(16-21-5-4-14-28-21)15-18-6-10-20(11-7-18)23(2)3/h6-13,21H,4-5,14-16H2,1-3H3/t21-/m1/s1. The highest BCUT2D eigenvalue weighted by Crippen LogP contribution is 2.23. The maximum atomic E-state index is 13.4. The Bertz CT molecular complexity index is 932. The quantitative estimate of drug-likeness (QED) is 0.618. The van der Waals surface area contributed by atoms with Crippen molar-refractivity contribution < 1.29 is 17.9 Å². The van der Waals surface area contributed by atoms with Gasteiger partial charge in [-0.15, -0.1) is 0 Å². The van der Waals surface area contributed by atoms with Crippen LogP contribution < -0.4 is 4.90 Å². The smallest absolute Gasteiger partial charge is 0.243 e. The van der Waals surface area contributed by atoms with Gasteiger partial charge in [0, 0.05) is 45.0 Å². The number of carbonyl (C=O) groups excluding carboxylic acids is 1. The SMILES string of the molecule is CC(=O)c1ccc(S(=O)(=O)N(Cc2ccc(N(C)C)cc2)C[C@H]2CCCO2)cc1. The maximum Gasteiger partial charge on any atom is 0.243 e. The molecular formula is C22H28N2O4S. The van der Waals surface area contributed by atoms with E-state index in [2.05, 4.69) is 0 Å². The zero-order valence-corrected chi connectivity index (χ0v) is 18.0. The molecule has 0 spiro atoms. The van der Waals surface area contributed by atoms with Crippen molar-refractivity contribution in [2.24, 2.45) is 0 Å². The van der Waals surface area contributed by atoms with Gasteiger partial charge in [-0.1, -0.05) is 24.3 Å². The van der Waals surface area contributed by atoms with Crippen molar-refractivity contribution in [2.45, 2.75) is 37.3 Å². The molecule has 29 heavy (non-hydrogen) atoms. The number of Topliss-reactive ketones (excluding diaryl/α,β-unsaturated/α-hetero) is 1. The van der Waals surface area contributed by atoms with Crippen LogP contribution in [-0.2, 0) is 21.3 Å². The average Bonchev–Trinajstić information content (AvgIpc) is 3.21. The number of benzene rings is 2. The third-order valence-corrected chi connectivity index (χ3v) is 6.97. The molecule has 0 aliphatic carbocycles. The molecule has 0 aromatic heterocycles. The fourth-order valence-corrected chi connectivity index (χ4v) is 4.84. The molecule has 2 aromatic rings. The normalized spacial score (nSPS) is 16.9. The number of anilines is 1. The number of rotatable bonds is 8. The molecule has 0 radical (unpaired) electrons. The van der Waals surface area contributed by atoms with Crippen LogP contribution in [0.1, 0.15) is 35.7 Å². The van der Waals surface area contributed by atoms with Crippen molar-refractivity contribution in [2.75, 3.05) is 32.1 Å². The molecule has 7 heteroatoms. The lowest BCUT2D eigenvalue weighted by molar-refractivity contribution is 0.0926. The van der Waals surface area contributed by atoms with Gasteiger partial charge in [-0.2, -0.15) is 4.31 Å². The number of carbonyl (C=O) groups is 1. The van der Waals surface area contributed by atoms with Gasteiger partial charge in [0.2, 0.25) is 10.0 Å². The molecule has 1 heterocycles. The first-order valence-corrected chi connectivity index (χ1v) is 11.2. The van der Waals surface area contributed by atoms with Gasteiger partial charge < -0.3 is 9.64 Å². The number of ketones is 1. The predicted octanol–water partition coefficient (Wildman–Crippen LogP) is 3.33. The van der Waals surface area contributed by atoms with Crippen LogP contribution in [0.25, 0.3) is 0 Å². The topological polar surface area (TPSA) is 66.9 Å². The van der Waals surface area contributed by atoms with Crippen molar-refractivity contribution in [3.8, 4) is 0 Å². The van der Waals surface area contributed by atoms with Gasteiger partial charge in [0.05, 0.1) is 11.0 Å². The van der Waals surface area contributed by atoms with Crippen molar-refractivity contribution in [3.05, 3.63) is 59.7 Å². The highest BCUT2D eigenvalue weighted by Gasteiger charge is 2.29. The van der Waals surface area contributed by atoms with Crippen molar-refractivity contribution in [1.82, 2.24) is 4.31 Å². The van der Waals surface area contributed by atoms with E-state index in [-0.39, 0.29) is 23.3 Å². The van der Waals surface area contributed by atoms with E-state index in [1.807, 2.05) is 43.3 Å². The number of ether oxygens (including phenoxy) is 1. The lowest BCUT2D eigenvalue weighted by Gasteiger charge is -2.25. The van der Waals surface area contributed by atoms with Gasteiger partial charge in [-0.3, -0.25) is 4.79 Å². The van der Waals surface area contributed by atoms with E-state index in [0.717, 1.165) is 24.1 Å². The van der Waals surface area contributed by atoms with E-state index < -0.39 is 10.0 Å². The van der Waals surface area contributed by atoms with Crippen LogP contribution in [-0.4, -0.2) is 51.9 Å². The maximum absolute atomic E-state index is 13.4. The van der Waals surface area contributed by atoms with Crippen LogP contribution >= 0.6 is 0 Å². The Balaban J connectivity index is 1.87. The highest BCUT2D eigenvalue weighted by atomic mass is 32.2. The fraction of sp³-hybridized carbons (Fsp3) is 0.409. The Morgan fingerprint density at radius 3 is 2.24 bits per heavy atom. The number of nitrogens with zero attached hydrogens (tertiary/aromatic N) is 2. The summed E-state index contributed by atoms with van der Waals surface area (Å²) in [5.41, 5.74) is 2.47. The van der Waals surface area contributed by atoms with E-state index in [9.17, 15) is 13.2 Å². The summed E-state index contributed by atoms with van der Waals surface area (Å²) in [5.74, 6) is -0.0915. The molecule has 0 saturated carbocycles. The summed E-state index contributed by atoms with van der Waals surface area (Å²) in [6, 6.07) is 14.0. The molecule has 0 bridgehead atoms. The van der Waals surface area contributed by atoms with Gasteiger partial charge in [-0.05, 0) is 49.6 Å². The first kappa shape index (κ1) is 21.5. The second-order valence-corrected chi connectivity index (χ2v) is 9.51. The first-order chi connectivity index (χ1) is 13.8. The fourth-order valence-electron chi connectivity index (χ4n) is 3.38. The predicted molar refractivity (Wildman–Crippen MR) is 114 cm³/mol. The molecule has 1 aliphatic heterocycles. The molecule has 1 atom stereocenters. The third-order valence-electron chi connectivity index (χ3n) is 5.14. The summed E-state index contributed by atoms with van der Waals surface area (Å²) < 4.78 is 33.9. The van der Waals surface area contributed by atoms with E-state index >= 15 is 0 Å². The highest BCUT2D eigenvalue weighted by molar-refractivity contribution is 7.89. The Kier molecular flexibility index (Phi) is 6.72. The molecule has 3 rings (SSSR count). The summed E-state index contributed by atoms with van der Waals surface area (Å²) in [6.07, 6.45) is 1.71. The van der Waals surface area contributed by atoms with Crippen molar-refractivity contribution in [1.29, 1.82) is 0 Å². The van der Waals surface area contributed by atoms with E-state index in [1.165, 1.54) is 23.4 Å². The molecule has 1 saturated heterocycles. The van der Waals surface area contributed by atoms with Gasteiger partial charge >= 0.3 is 0 Å². The van der Waals surface area contributed by atoms with Crippen LogP contribution in [0, 0.1) is 0 Å². The zero-order valence-electron chi connectivity index (χ0n) is 17.2. The Hall–Kier alpha value is -2.22. The van der Waals surface area contributed by atoms with Crippen molar-refractivity contribution >= 4 is 21.5 Å². The summed E-state index contributed by atoms with van der Waals surface area (Å²) in [5, 5.41) is 0. The Morgan fingerprint density at radius 2 is 1.72 bits per heavy atom. The van der Waals surface area contributed by atoms with Crippen molar-refractivity contribution in [3.63, 3.8) is 0 Å². The minimum absolute atomic E-state index is 0.0915. The van der Waals surface area contributed by atoms with Gasteiger partial charge in [0.1, 0.15) is 0 Å². The zero-order chi connectivity index (χ0) is 21.0. The number of sulfonamides is 1. The lowest BCUT2D eigenvalue weighted by atomic mass is 10.2. The van der Waals surface area contributed by atoms with Crippen LogP contribution in [0.2, 0.25) is 0 Å². The van der Waals surface area contributed by atoms with Gasteiger partial charge in [0.25, 0.3) is 0 Å². The summed E-state index contributed by atoms with van der Waals surface area (Å²) in [4.78, 5) is 13.7. The average molecular weight is 417 g/mol. The first-order valence-electron chi connectivity index (χ1n) is 9.76. The Morgan fingerprint density at radius 1 is 1.07 bits per heavy atom. The van der Waals surface area contributed by atoms with E-state index in [4.69, 9.17) is 4.74 Å². The molecule has 1 aliphatic rings. The second-order valence-electron chi connectivity index (χ2n) is 7.57. The molecule has 0 unspecified atom stereocenters. The van der Waals surface area contributed by atoms with Crippen LogP contribution in [0.5, 0.6) is 0 Å². The second kappa shape index (κ2) is 9.07. The number of hydrogen-bond donors (Lipinski definition) is 0. The molecule has 0 amide bonds. The Labute approximate surface area is 173 Å². The van der Waals surface area contributed by atoms with Gasteiger partial charge in [0.15, 0.2) is 5.78 Å². The minimum atomic E-state index is -3.72. The summed E-state index contributed by atoms with van der Waals surface area (Å²) in [7, 11) is 0.208. The number of hydrogen-bond acceptors (Lipinski definition) is 5. The van der Waals surface area contributed by atoms with Crippen LogP contribution in [0.3, 0.4) is 0 Å². The largest absolute Gasteiger partial charge is 0.378 e. The molecule has 0 N–H and O–H groups in total. The molecular weight excluding hydrogens is 388 g/mol. The molecule has 2 aromatic carbocycles.